The first-order chi connectivity index (χ1) is 20.9. The summed E-state index contributed by atoms with van der Waals surface area (Å²) in [7, 11) is 0. The third-order valence-electron chi connectivity index (χ3n) is 6.92. The Hall–Kier alpha value is -3.78. The van der Waals surface area contributed by atoms with E-state index in [1.807, 2.05) is 6.92 Å². The molecule has 232 valence electrons. The summed E-state index contributed by atoms with van der Waals surface area (Å²) in [5, 5.41) is 0. The molecule has 0 heterocycles. The quantitative estimate of drug-likeness (QED) is 0.0781. The highest BCUT2D eigenvalue weighted by atomic mass is 19.3. The largest absolute Gasteiger partial charge is 0.494 e. The van der Waals surface area contributed by atoms with E-state index in [1.54, 1.807) is 24.3 Å². The summed E-state index contributed by atoms with van der Waals surface area (Å²) in [6.07, 6.45) is 6.31. The Morgan fingerprint density at radius 2 is 1.09 bits per heavy atom. The van der Waals surface area contributed by atoms with Gasteiger partial charge in [-0.2, -0.15) is 0 Å². The van der Waals surface area contributed by atoms with Gasteiger partial charge in [-0.1, -0.05) is 64.5 Å². The SMILES string of the molecule is CCCCCCCCOc1ccc(C(=O)Oc2ccc(C(=O)Oc3ccc([C@H](COCCCC)C(F)F)cc3)cc2)cc1. The van der Waals surface area contributed by atoms with Gasteiger partial charge >= 0.3 is 11.9 Å². The number of carbonyl (C=O) groups excluding carboxylic acids is 2. The molecule has 0 radical (unpaired) electrons. The van der Waals surface area contributed by atoms with Crippen LogP contribution in [0.2, 0.25) is 0 Å². The van der Waals surface area contributed by atoms with Gasteiger partial charge in [-0.15, -0.1) is 0 Å². The van der Waals surface area contributed by atoms with Gasteiger partial charge < -0.3 is 18.9 Å². The zero-order valence-corrected chi connectivity index (χ0v) is 25.1. The average molecular weight is 597 g/mol. The van der Waals surface area contributed by atoms with Crippen LogP contribution in [0.4, 0.5) is 8.78 Å². The number of carbonyl (C=O) groups is 2. The number of ether oxygens (including phenoxy) is 4. The lowest BCUT2D eigenvalue weighted by Crippen LogP contribution is -2.16. The van der Waals surface area contributed by atoms with Crippen LogP contribution < -0.4 is 14.2 Å². The van der Waals surface area contributed by atoms with E-state index < -0.39 is 24.3 Å². The molecule has 0 saturated heterocycles. The number of hydrogen-bond acceptors (Lipinski definition) is 6. The molecule has 6 nitrogen and oxygen atoms in total. The molecule has 1 atom stereocenters. The number of hydrogen-bond donors (Lipinski definition) is 0. The van der Waals surface area contributed by atoms with E-state index in [0.29, 0.717) is 30.1 Å². The molecular weight excluding hydrogens is 554 g/mol. The lowest BCUT2D eigenvalue weighted by molar-refractivity contribution is 0.0425. The highest BCUT2D eigenvalue weighted by Gasteiger charge is 2.23. The summed E-state index contributed by atoms with van der Waals surface area (Å²) >= 11 is 0. The van der Waals surface area contributed by atoms with Crippen LogP contribution >= 0.6 is 0 Å². The molecule has 0 spiro atoms. The first kappa shape index (κ1) is 33.7. The average Bonchev–Trinajstić information content (AvgIpc) is 3.01. The standard InChI is InChI=1S/C35H42F2O6/c1-3-5-7-8-9-10-24-41-29-17-13-27(14-18-29)34(38)43-31-21-15-28(16-22-31)35(39)42-30-19-11-26(12-20-30)32(33(36)37)25-40-23-6-4-2/h11-22,32-33H,3-10,23-25H2,1-2H3/t32-/m0/s1. The highest BCUT2D eigenvalue weighted by Crippen LogP contribution is 2.26. The van der Waals surface area contributed by atoms with Crippen molar-refractivity contribution in [3.8, 4) is 17.2 Å². The van der Waals surface area contributed by atoms with Gasteiger partial charge in [0, 0.05) is 6.61 Å². The highest BCUT2D eigenvalue weighted by molar-refractivity contribution is 5.92. The van der Waals surface area contributed by atoms with E-state index in [4.69, 9.17) is 18.9 Å². The Kier molecular flexibility index (Phi) is 14.7. The molecule has 0 aliphatic carbocycles. The van der Waals surface area contributed by atoms with Crippen molar-refractivity contribution in [2.45, 2.75) is 77.6 Å². The van der Waals surface area contributed by atoms with Gasteiger partial charge in [-0.3, -0.25) is 0 Å². The van der Waals surface area contributed by atoms with Gasteiger partial charge in [-0.05, 0) is 79.1 Å². The van der Waals surface area contributed by atoms with E-state index in [0.717, 1.165) is 25.7 Å². The molecule has 0 saturated carbocycles. The summed E-state index contributed by atoms with van der Waals surface area (Å²) < 4.78 is 49.1. The molecule has 3 aromatic carbocycles. The summed E-state index contributed by atoms with van der Waals surface area (Å²) in [6, 6.07) is 18.8. The molecule has 43 heavy (non-hydrogen) atoms. The van der Waals surface area contributed by atoms with Crippen molar-refractivity contribution in [2.75, 3.05) is 19.8 Å². The van der Waals surface area contributed by atoms with Gasteiger partial charge in [0.2, 0.25) is 6.43 Å². The zero-order chi connectivity index (χ0) is 30.9. The Morgan fingerprint density at radius 3 is 1.63 bits per heavy atom. The van der Waals surface area contributed by atoms with E-state index in [9.17, 15) is 18.4 Å². The monoisotopic (exact) mass is 596 g/mol. The van der Waals surface area contributed by atoms with Gasteiger partial charge in [0.05, 0.1) is 30.3 Å². The number of esters is 2. The van der Waals surface area contributed by atoms with Gasteiger partial charge in [0.1, 0.15) is 17.2 Å². The summed E-state index contributed by atoms with van der Waals surface area (Å²) in [5.74, 6) is -1.02. The van der Waals surface area contributed by atoms with Crippen LogP contribution in [0.15, 0.2) is 72.8 Å². The molecule has 0 bridgehead atoms. The number of alkyl halides is 2. The van der Waals surface area contributed by atoms with Crippen LogP contribution in [0, 0.1) is 0 Å². The van der Waals surface area contributed by atoms with Crippen molar-refractivity contribution in [3.05, 3.63) is 89.5 Å². The third-order valence-corrected chi connectivity index (χ3v) is 6.92. The van der Waals surface area contributed by atoms with E-state index in [-0.39, 0.29) is 23.7 Å². The zero-order valence-electron chi connectivity index (χ0n) is 25.1. The van der Waals surface area contributed by atoms with Crippen LogP contribution in [0.25, 0.3) is 0 Å². The minimum atomic E-state index is -2.57. The topological polar surface area (TPSA) is 71.1 Å². The predicted molar refractivity (Wildman–Crippen MR) is 163 cm³/mol. The van der Waals surface area contributed by atoms with Crippen LogP contribution in [0.5, 0.6) is 17.2 Å². The van der Waals surface area contributed by atoms with Crippen molar-refractivity contribution in [3.63, 3.8) is 0 Å². The summed E-state index contributed by atoms with van der Waals surface area (Å²) in [4.78, 5) is 25.2. The van der Waals surface area contributed by atoms with E-state index in [2.05, 4.69) is 6.92 Å². The molecule has 0 aliphatic heterocycles. The summed E-state index contributed by atoms with van der Waals surface area (Å²) in [6.45, 7) is 5.21. The molecular formula is C35H42F2O6. The maximum Gasteiger partial charge on any atom is 0.343 e. The lowest BCUT2D eigenvalue weighted by Gasteiger charge is -2.17. The fourth-order valence-corrected chi connectivity index (χ4v) is 4.30. The molecule has 8 heteroatoms. The second-order valence-electron chi connectivity index (χ2n) is 10.4. The number of benzene rings is 3. The molecule has 3 rings (SSSR count). The van der Waals surface area contributed by atoms with Gasteiger partial charge in [-0.25, -0.2) is 18.4 Å². The van der Waals surface area contributed by atoms with Crippen molar-refractivity contribution >= 4 is 11.9 Å². The molecule has 0 aromatic heterocycles. The maximum absolute atomic E-state index is 13.5. The maximum atomic E-state index is 13.5. The molecule has 0 amide bonds. The molecule has 3 aromatic rings. The number of unbranched alkanes of at least 4 members (excludes halogenated alkanes) is 6. The Labute approximate surface area is 253 Å². The second-order valence-corrected chi connectivity index (χ2v) is 10.4. The van der Waals surface area contributed by atoms with Crippen molar-refractivity contribution in [2.24, 2.45) is 0 Å². The molecule has 0 N–H and O–H groups in total. The normalized spacial score (nSPS) is 11.7. The van der Waals surface area contributed by atoms with Crippen LogP contribution in [-0.4, -0.2) is 38.2 Å². The molecule has 0 fully saturated rings. The Bertz CT molecular complexity index is 1230. The molecule has 0 unspecified atom stereocenters. The lowest BCUT2D eigenvalue weighted by atomic mass is 10.0. The minimum Gasteiger partial charge on any atom is -0.494 e. The summed E-state index contributed by atoms with van der Waals surface area (Å²) in [5.41, 5.74) is 1.03. The number of rotatable bonds is 19. The van der Waals surface area contributed by atoms with Crippen molar-refractivity contribution in [1.29, 1.82) is 0 Å². The molecule has 0 aliphatic rings. The minimum absolute atomic E-state index is 0.0766. The first-order valence-corrected chi connectivity index (χ1v) is 15.1. The van der Waals surface area contributed by atoms with Crippen LogP contribution in [0.3, 0.4) is 0 Å². The van der Waals surface area contributed by atoms with Crippen molar-refractivity contribution in [1.82, 2.24) is 0 Å². The van der Waals surface area contributed by atoms with E-state index in [1.165, 1.54) is 74.2 Å². The predicted octanol–water partition coefficient (Wildman–Crippen LogP) is 9.03. The van der Waals surface area contributed by atoms with Crippen LogP contribution in [-0.2, 0) is 4.74 Å². The Morgan fingerprint density at radius 1 is 0.605 bits per heavy atom. The fraction of sp³-hybridized carbons (Fsp3) is 0.429. The van der Waals surface area contributed by atoms with Crippen LogP contribution in [0.1, 0.15) is 97.4 Å². The van der Waals surface area contributed by atoms with Gasteiger partial charge in [0.15, 0.2) is 0 Å². The third kappa shape index (κ3) is 11.8. The second kappa shape index (κ2) is 18.7. The van der Waals surface area contributed by atoms with E-state index >= 15 is 0 Å². The fourth-order valence-electron chi connectivity index (χ4n) is 4.30. The van der Waals surface area contributed by atoms with Crippen molar-refractivity contribution < 1.29 is 37.3 Å². The smallest absolute Gasteiger partial charge is 0.343 e. The Balaban J connectivity index is 1.46. The number of halogens is 2. The van der Waals surface area contributed by atoms with Gasteiger partial charge in [0.25, 0.3) is 0 Å². The first-order valence-electron chi connectivity index (χ1n) is 15.1.